The Kier molecular flexibility index (Phi) is 5.79. The monoisotopic (exact) mass is 361 g/mol. The van der Waals surface area contributed by atoms with Gasteiger partial charge in [-0.2, -0.15) is 5.10 Å². The molecule has 1 amide bonds. The summed E-state index contributed by atoms with van der Waals surface area (Å²) in [7, 11) is 1.49. The van der Waals surface area contributed by atoms with Crippen LogP contribution in [-0.4, -0.2) is 23.8 Å². The minimum absolute atomic E-state index is 0.0362. The van der Waals surface area contributed by atoms with Gasteiger partial charge >= 0.3 is 0 Å². The van der Waals surface area contributed by atoms with Crippen molar-refractivity contribution in [3.8, 4) is 5.75 Å². The molecular formula is C21H19N3O3. The molecule has 0 radical (unpaired) electrons. The summed E-state index contributed by atoms with van der Waals surface area (Å²) in [5, 5.41) is 6.85. The largest absolute Gasteiger partial charge is 0.482 e. The Balaban J connectivity index is 1.97. The van der Waals surface area contributed by atoms with Crippen LogP contribution in [0.5, 0.6) is 5.75 Å². The van der Waals surface area contributed by atoms with Gasteiger partial charge in [0.2, 0.25) is 5.43 Å². The third kappa shape index (κ3) is 4.49. The number of hydrogen-bond donors (Lipinski definition) is 1. The van der Waals surface area contributed by atoms with Gasteiger partial charge in [-0.05, 0) is 11.1 Å². The van der Waals surface area contributed by atoms with Crippen molar-refractivity contribution in [2.45, 2.75) is 6.61 Å². The van der Waals surface area contributed by atoms with Gasteiger partial charge in [-0.15, -0.1) is 0 Å². The summed E-state index contributed by atoms with van der Waals surface area (Å²) in [5.41, 5.74) is 1.43. The van der Waals surface area contributed by atoms with E-state index in [2.05, 4.69) is 10.4 Å². The summed E-state index contributed by atoms with van der Waals surface area (Å²) in [4.78, 5) is 24.7. The van der Waals surface area contributed by atoms with Crippen LogP contribution in [0.1, 0.15) is 21.6 Å². The minimum atomic E-state index is -0.457. The van der Waals surface area contributed by atoms with Crippen LogP contribution in [0.4, 0.5) is 0 Å². The second kappa shape index (κ2) is 8.62. The Morgan fingerprint density at radius 3 is 2.41 bits per heavy atom. The average Bonchev–Trinajstić information content (AvgIpc) is 2.72. The predicted molar refractivity (Wildman–Crippen MR) is 104 cm³/mol. The molecule has 3 aromatic rings. The molecule has 0 aliphatic heterocycles. The molecule has 6 nitrogen and oxygen atoms in total. The fraction of sp³-hybridized carbons (Fsp3) is 0.0952. The fourth-order valence-electron chi connectivity index (χ4n) is 2.47. The summed E-state index contributed by atoms with van der Waals surface area (Å²) in [6.07, 6.45) is 3.06. The Labute approximate surface area is 156 Å². The number of aromatic nitrogens is 1. The molecule has 0 aliphatic rings. The number of rotatable bonds is 6. The van der Waals surface area contributed by atoms with Crippen molar-refractivity contribution in [2.75, 3.05) is 7.05 Å². The minimum Gasteiger partial charge on any atom is -0.482 e. The molecule has 0 atom stereocenters. The summed E-state index contributed by atoms with van der Waals surface area (Å²) in [6, 6.07) is 20.2. The topological polar surface area (TPSA) is 72.7 Å². The number of nitrogens with one attached hydrogen (secondary N) is 1. The molecule has 0 bridgehead atoms. The van der Waals surface area contributed by atoms with E-state index in [4.69, 9.17) is 4.74 Å². The standard InChI is InChI=1S/C21H19N3O3/c1-22-21(26)19-20(27-15-17-10-6-3-7-11-17)18(25)12-13-24(19)23-14-16-8-4-2-5-9-16/h2-14H,15H2,1H3,(H,22,26)/b23-14-. The van der Waals surface area contributed by atoms with E-state index in [1.54, 1.807) is 6.21 Å². The van der Waals surface area contributed by atoms with Gasteiger partial charge in [-0.3, -0.25) is 9.59 Å². The van der Waals surface area contributed by atoms with Gasteiger partial charge in [0.15, 0.2) is 11.4 Å². The van der Waals surface area contributed by atoms with Crippen LogP contribution in [-0.2, 0) is 6.61 Å². The van der Waals surface area contributed by atoms with E-state index in [0.29, 0.717) is 0 Å². The van der Waals surface area contributed by atoms with Crippen LogP contribution in [0.25, 0.3) is 0 Å². The molecule has 0 saturated heterocycles. The Hall–Kier alpha value is -3.67. The lowest BCUT2D eigenvalue weighted by Crippen LogP contribution is -2.26. The molecule has 27 heavy (non-hydrogen) atoms. The molecule has 6 heteroatoms. The van der Waals surface area contributed by atoms with Gasteiger partial charge in [0.1, 0.15) is 6.61 Å². The zero-order valence-electron chi connectivity index (χ0n) is 14.8. The first-order chi connectivity index (χ1) is 13.2. The van der Waals surface area contributed by atoms with Crippen LogP contribution in [0, 0.1) is 0 Å². The average molecular weight is 361 g/mol. The molecule has 3 rings (SSSR count). The molecule has 1 heterocycles. The highest BCUT2D eigenvalue weighted by Gasteiger charge is 2.19. The summed E-state index contributed by atoms with van der Waals surface area (Å²) in [6.45, 7) is 0.173. The molecular weight excluding hydrogens is 342 g/mol. The van der Waals surface area contributed by atoms with Crippen LogP contribution in [0.2, 0.25) is 0 Å². The highest BCUT2D eigenvalue weighted by molar-refractivity contribution is 5.95. The molecule has 0 spiro atoms. The second-order valence-electron chi connectivity index (χ2n) is 5.71. The molecule has 0 fully saturated rings. The summed E-state index contributed by atoms with van der Waals surface area (Å²) in [5.74, 6) is -0.494. The number of ether oxygens (including phenoxy) is 1. The van der Waals surface area contributed by atoms with E-state index in [0.717, 1.165) is 11.1 Å². The fourth-order valence-corrected chi connectivity index (χ4v) is 2.47. The zero-order chi connectivity index (χ0) is 19.1. The Morgan fingerprint density at radius 2 is 1.74 bits per heavy atom. The number of carbonyl (C=O) groups excluding carboxylic acids is 1. The SMILES string of the molecule is CNC(=O)c1c(OCc2ccccc2)c(=O)ccn1/N=C\c1ccccc1. The molecule has 0 saturated carbocycles. The van der Waals surface area contributed by atoms with Gasteiger partial charge in [0.05, 0.1) is 6.21 Å². The normalized spacial score (nSPS) is 10.7. The molecule has 1 aromatic heterocycles. The third-order valence-corrected chi connectivity index (χ3v) is 3.83. The number of benzene rings is 2. The first-order valence-electron chi connectivity index (χ1n) is 8.43. The molecule has 136 valence electrons. The maximum Gasteiger partial charge on any atom is 0.273 e. The summed E-state index contributed by atoms with van der Waals surface area (Å²) < 4.78 is 7.04. The van der Waals surface area contributed by atoms with Crippen LogP contribution in [0.3, 0.4) is 0 Å². The van der Waals surface area contributed by atoms with Crippen molar-refractivity contribution in [1.29, 1.82) is 0 Å². The maximum absolute atomic E-state index is 12.4. The zero-order valence-corrected chi connectivity index (χ0v) is 14.8. The highest BCUT2D eigenvalue weighted by atomic mass is 16.5. The van der Waals surface area contributed by atoms with Crippen molar-refractivity contribution in [2.24, 2.45) is 5.10 Å². The summed E-state index contributed by atoms with van der Waals surface area (Å²) >= 11 is 0. The first-order valence-corrected chi connectivity index (χ1v) is 8.43. The van der Waals surface area contributed by atoms with E-state index < -0.39 is 5.91 Å². The van der Waals surface area contributed by atoms with Crippen LogP contribution < -0.4 is 15.5 Å². The molecule has 1 N–H and O–H groups in total. The number of pyridine rings is 1. The van der Waals surface area contributed by atoms with Crippen molar-refractivity contribution in [3.05, 3.63) is 100.0 Å². The van der Waals surface area contributed by atoms with Crippen molar-refractivity contribution < 1.29 is 9.53 Å². The quantitative estimate of drug-likeness (QED) is 0.686. The Bertz CT molecular complexity index is 996. The lowest BCUT2D eigenvalue weighted by Gasteiger charge is -2.13. The van der Waals surface area contributed by atoms with E-state index >= 15 is 0 Å². The highest BCUT2D eigenvalue weighted by Crippen LogP contribution is 2.15. The number of nitrogens with zero attached hydrogens (tertiary/aromatic N) is 2. The van der Waals surface area contributed by atoms with Crippen LogP contribution >= 0.6 is 0 Å². The number of carbonyl (C=O) groups is 1. The smallest absolute Gasteiger partial charge is 0.273 e. The molecule has 0 unspecified atom stereocenters. The van der Waals surface area contributed by atoms with E-state index in [9.17, 15) is 9.59 Å². The van der Waals surface area contributed by atoms with Crippen molar-refractivity contribution in [3.63, 3.8) is 0 Å². The van der Waals surface area contributed by atoms with Gasteiger partial charge < -0.3 is 10.1 Å². The van der Waals surface area contributed by atoms with Gasteiger partial charge in [0.25, 0.3) is 5.91 Å². The number of hydrogen-bond acceptors (Lipinski definition) is 4. The maximum atomic E-state index is 12.4. The van der Waals surface area contributed by atoms with E-state index in [1.165, 1.54) is 24.0 Å². The van der Waals surface area contributed by atoms with E-state index in [1.807, 2.05) is 60.7 Å². The van der Waals surface area contributed by atoms with Crippen molar-refractivity contribution >= 4 is 12.1 Å². The lowest BCUT2D eigenvalue weighted by atomic mass is 10.2. The van der Waals surface area contributed by atoms with E-state index in [-0.39, 0.29) is 23.5 Å². The van der Waals surface area contributed by atoms with Crippen LogP contribution in [0.15, 0.2) is 82.8 Å². The Morgan fingerprint density at radius 1 is 1.07 bits per heavy atom. The lowest BCUT2D eigenvalue weighted by molar-refractivity contribution is 0.0948. The first kappa shape index (κ1) is 18.1. The predicted octanol–water partition coefficient (Wildman–Crippen LogP) is 2.67. The molecule has 0 aliphatic carbocycles. The van der Waals surface area contributed by atoms with Gasteiger partial charge in [-0.1, -0.05) is 60.7 Å². The number of amides is 1. The second-order valence-corrected chi connectivity index (χ2v) is 5.71. The third-order valence-electron chi connectivity index (χ3n) is 3.83. The molecule has 2 aromatic carbocycles. The van der Waals surface area contributed by atoms with Crippen molar-refractivity contribution in [1.82, 2.24) is 9.99 Å². The van der Waals surface area contributed by atoms with Gasteiger partial charge in [-0.25, -0.2) is 4.68 Å². The van der Waals surface area contributed by atoms with Gasteiger partial charge in [0, 0.05) is 19.3 Å².